The summed E-state index contributed by atoms with van der Waals surface area (Å²) in [4.78, 5) is 15.5. The molecule has 1 N–H and O–H groups in total. The highest BCUT2D eigenvalue weighted by atomic mass is 32.2. The van der Waals surface area contributed by atoms with Crippen LogP contribution in [0.2, 0.25) is 0 Å². The topological polar surface area (TPSA) is 128 Å². The van der Waals surface area contributed by atoms with Gasteiger partial charge in [-0.25, -0.2) is 8.42 Å². The van der Waals surface area contributed by atoms with Crippen LogP contribution < -0.4 is 4.72 Å². The molecule has 9 nitrogen and oxygen atoms in total. The third kappa shape index (κ3) is 4.47. The monoisotopic (exact) mass is 456 g/mol. The number of aryl methyl sites for hydroxylation is 1. The number of nitro benzene ring substituents is 1. The van der Waals surface area contributed by atoms with Gasteiger partial charge in [0.1, 0.15) is 0 Å². The molecular formula is C20H16N4O5S2. The smallest absolute Gasteiger partial charge is 0.270 e. The van der Waals surface area contributed by atoms with Crippen molar-refractivity contribution in [3.8, 4) is 10.7 Å². The summed E-state index contributed by atoms with van der Waals surface area (Å²) >= 11 is 1.48. The van der Waals surface area contributed by atoms with Crippen LogP contribution in [0.4, 0.5) is 11.4 Å². The Morgan fingerprint density at radius 2 is 1.97 bits per heavy atom. The second-order valence-corrected chi connectivity index (χ2v) is 9.23. The van der Waals surface area contributed by atoms with Crippen molar-refractivity contribution in [1.82, 2.24) is 10.1 Å². The first-order valence-corrected chi connectivity index (χ1v) is 11.4. The zero-order chi connectivity index (χ0) is 22.0. The number of para-hydroxylation sites is 1. The molecule has 0 spiro atoms. The van der Waals surface area contributed by atoms with E-state index >= 15 is 0 Å². The fraction of sp³-hybridized carbons (Fsp3) is 0.100. The van der Waals surface area contributed by atoms with Gasteiger partial charge in [-0.2, -0.15) is 4.98 Å². The molecule has 31 heavy (non-hydrogen) atoms. The Morgan fingerprint density at radius 1 is 1.16 bits per heavy atom. The number of aromatic nitrogens is 2. The summed E-state index contributed by atoms with van der Waals surface area (Å²) in [5.74, 6) is 0.803. The summed E-state index contributed by atoms with van der Waals surface area (Å²) in [6.45, 7) is 1.58. The van der Waals surface area contributed by atoms with E-state index in [1.165, 1.54) is 23.5 Å². The molecule has 2 aromatic carbocycles. The zero-order valence-electron chi connectivity index (χ0n) is 16.2. The van der Waals surface area contributed by atoms with E-state index in [0.717, 1.165) is 10.9 Å². The molecule has 0 amide bonds. The molecule has 11 heteroatoms. The van der Waals surface area contributed by atoms with Gasteiger partial charge in [-0.1, -0.05) is 35.5 Å². The van der Waals surface area contributed by atoms with E-state index in [1.807, 2.05) is 17.5 Å². The Labute approximate surface area is 181 Å². The Hall–Kier alpha value is -3.57. The van der Waals surface area contributed by atoms with Gasteiger partial charge in [-0.05, 0) is 35.6 Å². The van der Waals surface area contributed by atoms with Crippen molar-refractivity contribution < 1.29 is 17.9 Å². The molecule has 0 bridgehead atoms. The fourth-order valence-electron chi connectivity index (χ4n) is 2.96. The average Bonchev–Trinajstić information content (AvgIpc) is 3.41. The van der Waals surface area contributed by atoms with Crippen molar-refractivity contribution in [2.75, 3.05) is 4.72 Å². The SMILES string of the molecule is Cc1ccc([N+](=O)[O-])cc1S(=O)(=O)Nc1ccccc1Cc1nc(-c2cccs2)no1. The largest absolute Gasteiger partial charge is 0.339 e. The van der Waals surface area contributed by atoms with Crippen LogP contribution in [0.3, 0.4) is 0 Å². The van der Waals surface area contributed by atoms with Crippen molar-refractivity contribution in [2.24, 2.45) is 0 Å². The predicted octanol–water partition coefficient (Wildman–Crippen LogP) is 4.41. The van der Waals surface area contributed by atoms with Crippen molar-refractivity contribution in [1.29, 1.82) is 0 Å². The van der Waals surface area contributed by atoms with E-state index < -0.39 is 14.9 Å². The standard InChI is InChI=1S/C20H16N4O5S2/c1-13-8-9-15(24(25)26)12-18(13)31(27,28)23-16-6-3-2-5-14(16)11-19-21-20(22-29-19)17-7-4-10-30-17/h2-10,12,23H,11H2,1H3. The van der Waals surface area contributed by atoms with Gasteiger partial charge in [-0.15, -0.1) is 11.3 Å². The van der Waals surface area contributed by atoms with Crippen molar-refractivity contribution in [3.63, 3.8) is 0 Å². The molecule has 0 aliphatic carbocycles. The number of anilines is 1. The molecule has 0 unspecified atom stereocenters. The lowest BCUT2D eigenvalue weighted by Crippen LogP contribution is -2.16. The fourth-order valence-corrected chi connectivity index (χ4v) is 4.98. The van der Waals surface area contributed by atoms with Gasteiger partial charge >= 0.3 is 0 Å². The highest BCUT2D eigenvalue weighted by molar-refractivity contribution is 7.92. The quantitative estimate of drug-likeness (QED) is 0.322. The number of sulfonamides is 1. The normalized spacial score (nSPS) is 11.4. The molecule has 0 aliphatic heterocycles. The number of nitrogens with zero attached hydrogens (tertiary/aromatic N) is 3. The highest BCUT2D eigenvalue weighted by Gasteiger charge is 2.22. The van der Waals surface area contributed by atoms with Gasteiger partial charge in [0.25, 0.3) is 15.7 Å². The third-order valence-corrected chi connectivity index (χ3v) is 6.86. The number of nitro groups is 1. The number of hydrogen-bond donors (Lipinski definition) is 1. The van der Waals surface area contributed by atoms with Crippen LogP contribution in [0.1, 0.15) is 17.0 Å². The van der Waals surface area contributed by atoms with E-state index in [-0.39, 0.29) is 17.0 Å². The van der Waals surface area contributed by atoms with Crippen LogP contribution in [0.15, 0.2) is 69.4 Å². The van der Waals surface area contributed by atoms with Crippen LogP contribution in [0.25, 0.3) is 10.7 Å². The molecule has 4 aromatic rings. The number of rotatable bonds is 7. The van der Waals surface area contributed by atoms with Crippen molar-refractivity contribution >= 4 is 32.7 Å². The first-order chi connectivity index (χ1) is 14.8. The highest BCUT2D eigenvalue weighted by Crippen LogP contribution is 2.27. The number of nitrogens with one attached hydrogen (secondary N) is 1. The molecule has 0 fully saturated rings. The molecule has 2 heterocycles. The number of thiophene rings is 1. The first kappa shape index (κ1) is 20.7. The molecular weight excluding hydrogens is 440 g/mol. The number of hydrogen-bond acceptors (Lipinski definition) is 8. The molecule has 0 atom stereocenters. The summed E-state index contributed by atoms with van der Waals surface area (Å²) < 4.78 is 33.8. The second kappa shape index (κ2) is 8.28. The van der Waals surface area contributed by atoms with E-state index in [2.05, 4.69) is 14.9 Å². The van der Waals surface area contributed by atoms with Gasteiger partial charge < -0.3 is 4.52 Å². The van der Waals surface area contributed by atoms with Crippen LogP contribution in [0, 0.1) is 17.0 Å². The molecule has 0 radical (unpaired) electrons. The van der Waals surface area contributed by atoms with Gasteiger partial charge in [0, 0.05) is 12.1 Å². The number of non-ortho nitro benzene ring substituents is 1. The van der Waals surface area contributed by atoms with Gasteiger partial charge in [0.2, 0.25) is 11.7 Å². The second-order valence-electron chi connectivity index (χ2n) is 6.64. The van der Waals surface area contributed by atoms with Gasteiger partial charge in [0.05, 0.1) is 26.8 Å². The lowest BCUT2D eigenvalue weighted by molar-refractivity contribution is -0.385. The average molecular weight is 457 g/mol. The number of benzene rings is 2. The lowest BCUT2D eigenvalue weighted by Gasteiger charge is -2.13. The molecule has 4 rings (SSSR count). The van der Waals surface area contributed by atoms with Crippen LogP contribution >= 0.6 is 11.3 Å². The summed E-state index contributed by atoms with van der Waals surface area (Å²) in [5, 5.41) is 16.9. The predicted molar refractivity (Wildman–Crippen MR) is 116 cm³/mol. The Morgan fingerprint density at radius 3 is 2.71 bits per heavy atom. The molecule has 0 saturated heterocycles. The molecule has 158 valence electrons. The van der Waals surface area contributed by atoms with Crippen LogP contribution in [-0.2, 0) is 16.4 Å². The molecule has 0 saturated carbocycles. The van der Waals surface area contributed by atoms with Crippen LogP contribution in [-0.4, -0.2) is 23.5 Å². The van der Waals surface area contributed by atoms with E-state index in [0.29, 0.717) is 28.5 Å². The van der Waals surface area contributed by atoms with Gasteiger partial charge in [-0.3, -0.25) is 14.8 Å². The zero-order valence-corrected chi connectivity index (χ0v) is 17.8. The maximum absolute atomic E-state index is 13.0. The minimum atomic E-state index is -4.06. The maximum Gasteiger partial charge on any atom is 0.270 e. The molecule has 0 aliphatic rings. The van der Waals surface area contributed by atoms with E-state index in [1.54, 1.807) is 31.2 Å². The van der Waals surface area contributed by atoms with Crippen molar-refractivity contribution in [3.05, 3.63) is 87.1 Å². The minimum Gasteiger partial charge on any atom is -0.339 e. The Balaban J connectivity index is 1.62. The first-order valence-electron chi connectivity index (χ1n) is 9.06. The maximum atomic E-state index is 13.0. The Bertz CT molecular complexity index is 1350. The minimum absolute atomic E-state index is 0.158. The molecule has 2 aromatic heterocycles. The van der Waals surface area contributed by atoms with Crippen molar-refractivity contribution in [2.45, 2.75) is 18.2 Å². The summed E-state index contributed by atoms with van der Waals surface area (Å²) in [6, 6.07) is 14.3. The van der Waals surface area contributed by atoms with E-state index in [9.17, 15) is 18.5 Å². The lowest BCUT2D eigenvalue weighted by atomic mass is 10.1. The summed E-state index contributed by atoms with van der Waals surface area (Å²) in [5.41, 5.74) is 1.04. The summed E-state index contributed by atoms with van der Waals surface area (Å²) in [7, 11) is -4.06. The third-order valence-electron chi connectivity index (χ3n) is 4.49. The Kier molecular flexibility index (Phi) is 5.53. The van der Waals surface area contributed by atoms with Crippen LogP contribution in [0.5, 0.6) is 0 Å². The van der Waals surface area contributed by atoms with E-state index in [4.69, 9.17) is 4.52 Å². The summed E-state index contributed by atoms with van der Waals surface area (Å²) in [6.07, 6.45) is 0.213. The van der Waals surface area contributed by atoms with Gasteiger partial charge in [0.15, 0.2) is 0 Å².